The molecular formula is C11H18BrN3S2. The first-order valence-corrected chi connectivity index (χ1v) is 8.52. The molecule has 0 unspecified atom stereocenters. The zero-order valence-corrected chi connectivity index (χ0v) is 13.3. The summed E-state index contributed by atoms with van der Waals surface area (Å²) in [5.74, 6) is 1.99. The number of nitrogens with one attached hydrogen (secondary N) is 2. The number of hydrogen-bond donors (Lipinski definition) is 2. The molecule has 1 aromatic heterocycles. The second-order valence-electron chi connectivity index (χ2n) is 3.32. The van der Waals surface area contributed by atoms with Crippen molar-refractivity contribution in [2.75, 3.05) is 25.1 Å². The van der Waals surface area contributed by atoms with Gasteiger partial charge in [0.2, 0.25) is 0 Å². The molecule has 0 atom stereocenters. The molecular weight excluding hydrogens is 318 g/mol. The van der Waals surface area contributed by atoms with E-state index in [-0.39, 0.29) is 0 Å². The number of rotatable bonds is 6. The highest BCUT2D eigenvalue weighted by Crippen LogP contribution is 2.22. The summed E-state index contributed by atoms with van der Waals surface area (Å²) >= 11 is 7.01. The van der Waals surface area contributed by atoms with Gasteiger partial charge in [-0.1, -0.05) is 0 Å². The van der Waals surface area contributed by atoms with E-state index < -0.39 is 0 Å². The average Bonchev–Trinajstić information content (AvgIpc) is 2.72. The molecule has 0 aliphatic rings. The normalized spacial score (nSPS) is 11.6. The maximum absolute atomic E-state index is 4.54. The first-order valence-electron chi connectivity index (χ1n) is 5.51. The summed E-state index contributed by atoms with van der Waals surface area (Å²) in [7, 11) is 0. The zero-order valence-electron chi connectivity index (χ0n) is 10.1. The molecule has 1 rings (SSSR count). The Morgan fingerprint density at radius 3 is 2.88 bits per heavy atom. The van der Waals surface area contributed by atoms with E-state index in [2.05, 4.69) is 56.9 Å². The van der Waals surface area contributed by atoms with Gasteiger partial charge in [0.05, 0.1) is 10.3 Å². The summed E-state index contributed by atoms with van der Waals surface area (Å²) in [5.41, 5.74) is 0. The monoisotopic (exact) mass is 335 g/mol. The predicted molar refractivity (Wildman–Crippen MR) is 83.2 cm³/mol. The molecule has 0 bridgehead atoms. The van der Waals surface area contributed by atoms with Crippen LogP contribution in [0.4, 0.5) is 0 Å². The molecule has 0 saturated carbocycles. The molecule has 0 aliphatic carbocycles. The summed E-state index contributed by atoms with van der Waals surface area (Å²) in [5, 5.41) is 6.55. The summed E-state index contributed by atoms with van der Waals surface area (Å²) in [6.07, 6.45) is 2.11. The van der Waals surface area contributed by atoms with Crippen LogP contribution in [0, 0.1) is 0 Å². The molecule has 0 spiro atoms. The summed E-state index contributed by atoms with van der Waals surface area (Å²) in [6.45, 7) is 4.64. The third kappa shape index (κ3) is 6.33. The van der Waals surface area contributed by atoms with E-state index in [4.69, 9.17) is 0 Å². The number of thioether (sulfide) groups is 1. The van der Waals surface area contributed by atoms with E-state index in [1.807, 2.05) is 11.8 Å². The van der Waals surface area contributed by atoms with Crippen LogP contribution in [0.2, 0.25) is 0 Å². The standard InChI is InChI=1S/C11H18BrN3S2/c1-3-13-11(14-6-7-16-2)15-8-9-4-5-10(12)17-9/h4-5H,3,6-8H2,1-2H3,(H2,13,14,15). The predicted octanol–water partition coefficient (Wildman–Crippen LogP) is 2.93. The summed E-state index contributed by atoms with van der Waals surface area (Å²) in [4.78, 5) is 5.81. The second-order valence-corrected chi connectivity index (χ2v) is 6.85. The maximum Gasteiger partial charge on any atom is 0.191 e. The third-order valence-corrected chi connectivity index (χ3v) is 4.19. The van der Waals surface area contributed by atoms with Gasteiger partial charge in [-0.2, -0.15) is 11.8 Å². The molecule has 3 nitrogen and oxygen atoms in total. The highest BCUT2D eigenvalue weighted by molar-refractivity contribution is 9.11. The molecule has 1 heterocycles. The minimum atomic E-state index is 0.727. The molecule has 6 heteroatoms. The van der Waals surface area contributed by atoms with Gasteiger partial charge in [-0.15, -0.1) is 11.3 Å². The highest BCUT2D eigenvalue weighted by atomic mass is 79.9. The first kappa shape index (κ1) is 14.9. The quantitative estimate of drug-likeness (QED) is 0.476. The van der Waals surface area contributed by atoms with Gasteiger partial charge >= 0.3 is 0 Å². The van der Waals surface area contributed by atoms with Crippen LogP contribution in [-0.2, 0) is 6.54 Å². The van der Waals surface area contributed by atoms with Gasteiger partial charge in [-0.25, -0.2) is 4.99 Å². The Hall–Kier alpha value is -0.200. The number of halogens is 1. The second kappa shape index (κ2) is 8.83. The van der Waals surface area contributed by atoms with Gasteiger partial charge < -0.3 is 10.6 Å². The van der Waals surface area contributed by atoms with Crippen LogP contribution in [0.1, 0.15) is 11.8 Å². The Morgan fingerprint density at radius 2 is 2.29 bits per heavy atom. The van der Waals surface area contributed by atoms with Crippen LogP contribution in [0.5, 0.6) is 0 Å². The molecule has 0 fully saturated rings. The number of hydrogen-bond acceptors (Lipinski definition) is 3. The molecule has 17 heavy (non-hydrogen) atoms. The van der Waals surface area contributed by atoms with E-state index >= 15 is 0 Å². The van der Waals surface area contributed by atoms with Crippen molar-refractivity contribution >= 4 is 45.0 Å². The van der Waals surface area contributed by atoms with Gasteiger partial charge in [0, 0.05) is 23.7 Å². The fourth-order valence-corrected chi connectivity index (χ4v) is 2.92. The Morgan fingerprint density at radius 1 is 1.47 bits per heavy atom. The van der Waals surface area contributed by atoms with Crippen molar-refractivity contribution in [3.63, 3.8) is 0 Å². The lowest BCUT2D eigenvalue weighted by Gasteiger charge is -2.10. The van der Waals surface area contributed by atoms with Crippen molar-refractivity contribution in [1.82, 2.24) is 10.6 Å². The Labute approximate surface area is 120 Å². The van der Waals surface area contributed by atoms with Gasteiger partial charge in [0.15, 0.2) is 5.96 Å². The van der Waals surface area contributed by atoms with Crippen LogP contribution in [0.15, 0.2) is 20.9 Å². The summed E-state index contributed by atoms with van der Waals surface area (Å²) in [6, 6.07) is 4.16. The minimum Gasteiger partial charge on any atom is -0.357 e. The molecule has 1 aromatic rings. The van der Waals surface area contributed by atoms with Gasteiger partial charge in [0.1, 0.15) is 0 Å². The van der Waals surface area contributed by atoms with Crippen molar-refractivity contribution in [1.29, 1.82) is 0 Å². The van der Waals surface area contributed by atoms with Gasteiger partial charge in [0.25, 0.3) is 0 Å². The highest BCUT2D eigenvalue weighted by Gasteiger charge is 1.99. The Bertz CT molecular complexity index is 352. The lowest BCUT2D eigenvalue weighted by molar-refractivity contribution is 0.845. The average molecular weight is 336 g/mol. The number of aliphatic imine (C=N–C) groups is 1. The number of guanidine groups is 1. The minimum absolute atomic E-state index is 0.727. The van der Waals surface area contributed by atoms with E-state index in [1.54, 1.807) is 11.3 Å². The number of thiophene rings is 1. The molecule has 0 amide bonds. The Kier molecular flexibility index (Phi) is 7.72. The molecule has 96 valence electrons. The Balaban J connectivity index is 2.44. The van der Waals surface area contributed by atoms with Crippen LogP contribution in [-0.4, -0.2) is 31.1 Å². The largest absolute Gasteiger partial charge is 0.357 e. The van der Waals surface area contributed by atoms with E-state index in [0.717, 1.165) is 35.1 Å². The topological polar surface area (TPSA) is 36.4 Å². The van der Waals surface area contributed by atoms with Crippen molar-refractivity contribution < 1.29 is 0 Å². The molecule has 0 saturated heterocycles. The van der Waals surface area contributed by atoms with Crippen molar-refractivity contribution in [2.24, 2.45) is 4.99 Å². The van der Waals surface area contributed by atoms with Crippen molar-refractivity contribution in [2.45, 2.75) is 13.5 Å². The smallest absolute Gasteiger partial charge is 0.191 e. The fourth-order valence-electron chi connectivity index (χ4n) is 1.21. The first-order chi connectivity index (χ1) is 8.26. The van der Waals surface area contributed by atoms with Crippen molar-refractivity contribution in [3.05, 3.63) is 20.8 Å². The van der Waals surface area contributed by atoms with Gasteiger partial charge in [-0.05, 0) is 41.2 Å². The van der Waals surface area contributed by atoms with E-state index in [1.165, 1.54) is 4.88 Å². The maximum atomic E-state index is 4.54. The third-order valence-electron chi connectivity index (χ3n) is 1.96. The van der Waals surface area contributed by atoms with Crippen LogP contribution in [0.25, 0.3) is 0 Å². The molecule has 0 aliphatic heterocycles. The summed E-state index contributed by atoms with van der Waals surface area (Å²) < 4.78 is 1.16. The number of nitrogens with zero attached hydrogens (tertiary/aromatic N) is 1. The molecule has 0 radical (unpaired) electrons. The van der Waals surface area contributed by atoms with Crippen LogP contribution < -0.4 is 10.6 Å². The molecule has 2 N–H and O–H groups in total. The lowest BCUT2D eigenvalue weighted by Crippen LogP contribution is -2.38. The fraction of sp³-hybridized carbons (Fsp3) is 0.545. The molecule has 0 aromatic carbocycles. The van der Waals surface area contributed by atoms with E-state index in [0.29, 0.717) is 0 Å². The lowest BCUT2D eigenvalue weighted by atomic mass is 10.5. The van der Waals surface area contributed by atoms with Crippen LogP contribution in [0.3, 0.4) is 0 Å². The van der Waals surface area contributed by atoms with E-state index in [9.17, 15) is 0 Å². The van der Waals surface area contributed by atoms with Gasteiger partial charge in [-0.3, -0.25) is 0 Å². The SMILES string of the molecule is CCNC(=NCc1ccc(Br)s1)NCCSC. The zero-order chi connectivity index (χ0) is 12.5. The van der Waals surface area contributed by atoms with Crippen LogP contribution >= 0.6 is 39.0 Å². The van der Waals surface area contributed by atoms with Crippen molar-refractivity contribution in [3.8, 4) is 0 Å².